The van der Waals surface area contributed by atoms with Crippen LogP contribution >= 0.6 is 0 Å². The number of nitrogens with one attached hydrogen (secondary N) is 1. The topological polar surface area (TPSA) is 136 Å². The molecule has 0 unspecified atom stereocenters. The van der Waals surface area contributed by atoms with E-state index in [1.807, 2.05) is 4.90 Å². The maximum absolute atomic E-state index is 15.0. The third-order valence-electron chi connectivity index (χ3n) is 4.95. The van der Waals surface area contributed by atoms with Gasteiger partial charge < -0.3 is 24.9 Å². The van der Waals surface area contributed by atoms with Gasteiger partial charge in [0.1, 0.15) is 31.3 Å². The molecule has 0 radical (unpaired) electrons. The van der Waals surface area contributed by atoms with Crippen LogP contribution in [0.15, 0.2) is 35.7 Å². The molecule has 0 aliphatic carbocycles. The van der Waals surface area contributed by atoms with Gasteiger partial charge in [0, 0.05) is 62.1 Å². The first-order chi connectivity index (χ1) is 16.0. The van der Waals surface area contributed by atoms with Gasteiger partial charge in [-0.2, -0.15) is 0 Å². The maximum Gasteiger partial charge on any atom is 0.313 e. The average Bonchev–Trinajstić information content (AvgIpc) is 2.81. The number of rotatable bonds is 10. The molecule has 2 heterocycles. The number of benzene rings is 1. The second kappa shape index (κ2) is 11.9. The highest BCUT2D eigenvalue weighted by Crippen LogP contribution is 2.26. The molecule has 2 aromatic rings. The number of nitrogens with zero attached hydrogens (tertiary/aromatic N) is 4. The van der Waals surface area contributed by atoms with Crippen molar-refractivity contribution in [3.05, 3.63) is 42.0 Å². The Morgan fingerprint density at radius 2 is 1.97 bits per heavy atom. The molecule has 1 aliphatic rings. The largest absolute Gasteiger partial charge is 0.460 e. The Kier molecular flexibility index (Phi) is 8.64. The summed E-state index contributed by atoms with van der Waals surface area (Å²) in [6.45, 7) is 2.09. The van der Waals surface area contributed by atoms with E-state index in [4.69, 9.17) is 25.5 Å². The number of amidine groups is 1. The van der Waals surface area contributed by atoms with Crippen molar-refractivity contribution in [3.63, 3.8) is 0 Å². The van der Waals surface area contributed by atoms with E-state index in [1.54, 1.807) is 31.6 Å². The Balaban J connectivity index is 1.60. The number of nitrogens with two attached hydrogens (primary N) is 1. The van der Waals surface area contributed by atoms with Gasteiger partial charge in [-0.15, -0.1) is 0 Å². The van der Waals surface area contributed by atoms with Gasteiger partial charge in [0.15, 0.2) is 0 Å². The highest BCUT2D eigenvalue weighted by Gasteiger charge is 2.19. The van der Waals surface area contributed by atoms with Crippen molar-refractivity contribution < 1.29 is 23.5 Å². The van der Waals surface area contributed by atoms with E-state index in [0.29, 0.717) is 43.4 Å². The van der Waals surface area contributed by atoms with Crippen LogP contribution in [0, 0.1) is 11.2 Å². The summed E-state index contributed by atoms with van der Waals surface area (Å²) < 4.78 is 24.9. The third kappa shape index (κ3) is 6.94. The van der Waals surface area contributed by atoms with Crippen LogP contribution < -0.4 is 10.6 Å². The number of oxime groups is 1. The molecule has 1 fully saturated rings. The summed E-state index contributed by atoms with van der Waals surface area (Å²) in [5.74, 6) is -0.944. The summed E-state index contributed by atoms with van der Waals surface area (Å²) in [6.07, 6.45) is 4.31. The van der Waals surface area contributed by atoms with Crippen LogP contribution in [0.3, 0.4) is 0 Å². The Morgan fingerprint density at radius 3 is 2.64 bits per heavy atom. The number of hydrogen-bond donors (Lipinski definition) is 2. The number of halogens is 1. The lowest BCUT2D eigenvalue weighted by Gasteiger charge is -2.27. The summed E-state index contributed by atoms with van der Waals surface area (Å²) in [6, 6.07) is 4.81. The predicted octanol–water partition coefficient (Wildman–Crippen LogP) is 2.27. The van der Waals surface area contributed by atoms with E-state index in [1.165, 1.54) is 6.07 Å². The molecule has 3 rings (SSSR count). The van der Waals surface area contributed by atoms with Crippen molar-refractivity contribution >= 4 is 23.5 Å². The average molecular weight is 458 g/mol. The minimum atomic E-state index is -0.684. The van der Waals surface area contributed by atoms with Crippen LogP contribution in [0.1, 0.15) is 24.8 Å². The van der Waals surface area contributed by atoms with Gasteiger partial charge in [-0.1, -0.05) is 23.4 Å². The van der Waals surface area contributed by atoms with E-state index in [9.17, 15) is 9.18 Å². The number of esters is 1. The quantitative estimate of drug-likeness (QED) is 0.182. The fraction of sp³-hybridized carbons (Fsp3) is 0.409. The fourth-order valence-electron chi connectivity index (χ4n) is 3.22. The first-order valence-electron chi connectivity index (χ1n) is 10.5. The summed E-state index contributed by atoms with van der Waals surface area (Å²) in [5, 5.41) is 11.2. The highest BCUT2D eigenvalue weighted by molar-refractivity contribution is 5.94. The number of anilines is 1. The zero-order valence-electron chi connectivity index (χ0n) is 18.4. The number of carbonyl (C=O) groups excluding carboxylic acids is 1. The van der Waals surface area contributed by atoms with E-state index >= 15 is 0 Å². The van der Waals surface area contributed by atoms with Crippen LogP contribution in [0.4, 0.5) is 10.3 Å². The molecular weight excluding hydrogens is 431 g/mol. The van der Waals surface area contributed by atoms with Gasteiger partial charge in [-0.05, 0) is 0 Å². The molecule has 0 atom stereocenters. The highest BCUT2D eigenvalue weighted by atomic mass is 19.1. The van der Waals surface area contributed by atoms with Crippen LogP contribution in [0.25, 0.3) is 11.1 Å². The summed E-state index contributed by atoms with van der Waals surface area (Å²) in [5.41, 5.74) is 7.19. The van der Waals surface area contributed by atoms with Crippen LogP contribution in [0.5, 0.6) is 0 Å². The first-order valence-corrected chi connectivity index (χ1v) is 10.5. The number of hydrogen-bond acceptors (Lipinski definition) is 9. The van der Waals surface area contributed by atoms with Gasteiger partial charge in [0.2, 0.25) is 5.95 Å². The van der Waals surface area contributed by atoms with Crippen molar-refractivity contribution in [1.29, 1.82) is 5.41 Å². The second-order valence-electron chi connectivity index (χ2n) is 7.38. The molecule has 1 saturated heterocycles. The maximum atomic E-state index is 15.0. The molecule has 0 saturated carbocycles. The van der Waals surface area contributed by atoms with E-state index in [2.05, 4.69) is 15.1 Å². The van der Waals surface area contributed by atoms with Gasteiger partial charge in [-0.3, -0.25) is 10.2 Å². The normalized spacial score (nSPS) is 13.5. The second-order valence-corrected chi connectivity index (χ2v) is 7.38. The van der Waals surface area contributed by atoms with Crippen molar-refractivity contribution in [2.24, 2.45) is 10.9 Å². The van der Waals surface area contributed by atoms with Crippen LogP contribution in [-0.4, -0.2) is 60.9 Å². The Morgan fingerprint density at radius 1 is 1.24 bits per heavy atom. The van der Waals surface area contributed by atoms with E-state index in [-0.39, 0.29) is 24.4 Å². The van der Waals surface area contributed by atoms with Gasteiger partial charge in [0.25, 0.3) is 0 Å². The molecule has 11 heteroatoms. The summed E-state index contributed by atoms with van der Waals surface area (Å²) in [7, 11) is 1.61. The molecule has 176 valence electrons. The molecule has 0 spiro atoms. The minimum absolute atomic E-state index is 0.212. The van der Waals surface area contributed by atoms with Gasteiger partial charge in [0.05, 0.1) is 12.3 Å². The molecule has 33 heavy (non-hydrogen) atoms. The Labute approximate surface area is 191 Å². The number of carbonyl (C=O) groups is 1. The Hall–Kier alpha value is -3.60. The lowest BCUT2D eigenvalue weighted by atomic mass is 10.0. The third-order valence-corrected chi connectivity index (χ3v) is 4.95. The first kappa shape index (κ1) is 24.1. The van der Waals surface area contributed by atoms with E-state index in [0.717, 1.165) is 18.6 Å². The molecule has 1 aromatic carbocycles. The summed E-state index contributed by atoms with van der Waals surface area (Å²) in [4.78, 5) is 27.6. The molecule has 1 aromatic heterocycles. The van der Waals surface area contributed by atoms with Crippen molar-refractivity contribution in [2.45, 2.75) is 25.9 Å². The lowest BCUT2D eigenvalue weighted by molar-refractivity contribution is -0.143. The summed E-state index contributed by atoms with van der Waals surface area (Å²) >= 11 is 0. The van der Waals surface area contributed by atoms with Gasteiger partial charge in [-0.25, -0.2) is 14.4 Å². The fourth-order valence-corrected chi connectivity index (χ4v) is 3.22. The SMILES string of the molecule is COCCON=C1CCN(c2ncc(-c3cccc(COC(=O)CC(=N)N)c3F)cn2)CC1. The molecule has 0 amide bonds. The number of aromatic nitrogens is 2. The lowest BCUT2D eigenvalue weighted by Crippen LogP contribution is -2.35. The molecule has 0 bridgehead atoms. The number of piperidine rings is 1. The minimum Gasteiger partial charge on any atom is -0.460 e. The molecule has 3 N–H and O–H groups in total. The smallest absolute Gasteiger partial charge is 0.313 e. The van der Waals surface area contributed by atoms with Crippen LogP contribution in [0.2, 0.25) is 0 Å². The molecule has 1 aliphatic heterocycles. The molecule has 10 nitrogen and oxygen atoms in total. The zero-order valence-corrected chi connectivity index (χ0v) is 18.4. The van der Waals surface area contributed by atoms with Gasteiger partial charge >= 0.3 is 5.97 Å². The number of methoxy groups -OCH3 is 1. The Bertz CT molecular complexity index is 989. The number of ether oxygens (including phenoxy) is 2. The van der Waals surface area contributed by atoms with Crippen molar-refractivity contribution in [3.8, 4) is 11.1 Å². The van der Waals surface area contributed by atoms with Crippen molar-refractivity contribution in [1.82, 2.24) is 9.97 Å². The van der Waals surface area contributed by atoms with Crippen molar-refractivity contribution in [2.75, 3.05) is 38.3 Å². The monoisotopic (exact) mass is 458 g/mol. The zero-order chi connectivity index (χ0) is 23.6. The van der Waals surface area contributed by atoms with Crippen LogP contribution in [-0.2, 0) is 25.7 Å². The molecular formula is C22H27FN6O4. The van der Waals surface area contributed by atoms with E-state index < -0.39 is 11.8 Å². The predicted molar refractivity (Wildman–Crippen MR) is 120 cm³/mol. The standard InChI is InChI=1S/C22H27FN6O4/c1-31-9-10-33-28-17-5-7-29(8-6-17)22-26-12-16(13-27-22)18-4-2-3-15(21(18)23)14-32-20(30)11-19(24)25/h2-4,12-13H,5-11,14H2,1H3,(H3,24,25).